The lowest BCUT2D eigenvalue weighted by Crippen LogP contribution is -2.38. The number of hydrogen-bond acceptors (Lipinski definition) is 5. The van der Waals surface area contributed by atoms with E-state index in [0.29, 0.717) is 6.54 Å². The summed E-state index contributed by atoms with van der Waals surface area (Å²) in [5.41, 5.74) is 1.67. The fraction of sp³-hybridized carbons (Fsp3) is 0.688. The SMILES string of the molecule is CC1=C(C(=O)NCC[C@H]2CCCCO2)[C@@H](C)n2ncnc2N1C. The molecule has 7 heteroatoms. The molecule has 126 valence electrons. The third kappa shape index (κ3) is 3.10. The lowest BCUT2D eigenvalue weighted by molar-refractivity contribution is -0.118. The molecule has 3 rings (SSSR count). The van der Waals surface area contributed by atoms with Gasteiger partial charge in [0.25, 0.3) is 5.91 Å². The van der Waals surface area contributed by atoms with E-state index >= 15 is 0 Å². The fourth-order valence-electron chi connectivity index (χ4n) is 3.34. The van der Waals surface area contributed by atoms with Gasteiger partial charge < -0.3 is 15.0 Å². The van der Waals surface area contributed by atoms with E-state index < -0.39 is 0 Å². The molecule has 1 fully saturated rings. The highest BCUT2D eigenvalue weighted by atomic mass is 16.5. The van der Waals surface area contributed by atoms with Gasteiger partial charge in [0.05, 0.1) is 17.7 Å². The average molecular weight is 319 g/mol. The molecule has 2 aliphatic rings. The second-order valence-corrected chi connectivity index (χ2v) is 6.27. The molecule has 23 heavy (non-hydrogen) atoms. The summed E-state index contributed by atoms with van der Waals surface area (Å²) in [6.07, 6.45) is 6.15. The minimum atomic E-state index is -0.116. The zero-order valence-electron chi connectivity index (χ0n) is 14.1. The van der Waals surface area contributed by atoms with Gasteiger partial charge in [-0.25, -0.2) is 4.68 Å². The average Bonchev–Trinajstić information content (AvgIpc) is 3.04. The Hall–Kier alpha value is -1.89. The minimum Gasteiger partial charge on any atom is -0.378 e. The molecular formula is C16H25N5O2. The topological polar surface area (TPSA) is 72.3 Å². The van der Waals surface area contributed by atoms with Crippen LogP contribution in [0.2, 0.25) is 0 Å². The predicted octanol–water partition coefficient (Wildman–Crippen LogP) is 1.64. The highest BCUT2D eigenvalue weighted by Gasteiger charge is 2.31. The quantitative estimate of drug-likeness (QED) is 0.913. The summed E-state index contributed by atoms with van der Waals surface area (Å²) in [4.78, 5) is 18.8. The fourth-order valence-corrected chi connectivity index (χ4v) is 3.34. The number of ether oxygens (including phenoxy) is 1. The molecule has 1 saturated heterocycles. The minimum absolute atomic E-state index is 0.0289. The number of amides is 1. The number of hydrogen-bond donors (Lipinski definition) is 1. The zero-order chi connectivity index (χ0) is 16.4. The van der Waals surface area contributed by atoms with Crippen LogP contribution in [0.4, 0.5) is 5.95 Å². The number of anilines is 1. The lowest BCUT2D eigenvalue weighted by Gasteiger charge is -2.31. The molecule has 1 N–H and O–H groups in total. The zero-order valence-corrected chi connectivity index (χ0v) is 14.1. The summed E-state index contributed by atoms with van der Waals surface area (Å²) in [5, 5.41) is 7.28. The van der Waals surface area contributed by atoms with Gasteiger partial charge in [-0.1, -0.05) is 0 Å². The first-order valence-corrected chi connectivity index (χ1v) is 8.33. The van der Waals surface area contributed by atoms with Crippen molar-refractivity contribution in [1.29, 1.82) is 0 Å². The molecule has 1 aromatic heterocycles. The van der Waals surface area contributed by atoms with Crippen molar-refractivity contribution in [2.24, 2.45) is 0 Å². The van der Waals surface area contributed by atoms with Crippen molar-refractivity contribution in [3.63, 3.8) is 0 Å². The maximum Gasteiger partial charge on any atom is 0.251 e. The van der Waals surface area contributed by atoms with E-state index in [2.05, 4.69) is 15.4 Å². The Balaban J connectivity index is 1.63. The number of carbonyl (C=O) groups is 1. The standard InChI is InChI=1S/C16H25N5O2/c1-11-14(12(2)21-16(20(11)3)18-10-19-21)15(22)17-8-7-13-6-4-5-9-23-13/h10,12-13H,4-9H2,1-3H3,(H,17,22)/t12-,13-/m1/s1. The van der Waals surface area contributed by atoms with Crippen molar-refractivity contribution >= 4 is 11.9 Å². The van der Waals surface area contributed by atoms with Gasteiger partial charge in [-0.2, -0.15) is 10.1 Å². The molecule has 7 nitrogen and oxygen atoms in total. The molecule has 1 amide bonds. The van der Waals surface area contributed by atoms with Gasteiger partial charge >= 0.3 is 0 Å². The number of aromatic nitrogens is 3. The number of nitrogens with one attached hydrogen (secondary N) is 1. The maximum atomic E-state index is 12.6. The van der Waals surface area contributed by atoms with Gasteiger partial charge in [-0.3, -0.25) is 4.79 Å². The number of carbonyl (C=O) groups excluding carboxylic acids is 1. The Morgan fingerprint density at radius 2 is 2.30 bits per heavy atom. The van der Waals surface area contributed by atoms with E-state index in [1.54, 1.807) is 4.68 Å². The largest absolute Gasteiger partial charge is 0.378 e. The highest BCUT2D eigenvalue weighted by Crippen LogP contribution is 2.32. The van der Waals surface area contributed by atoms with Gasteiger partial charge in [-0.05, 0) is 39.5 Å². The normalized spacial score (nSPS) is 24.6. The molecule has 2 aliphatic heterocycles. The molecular weight excluding hydrogens is 294 g/mol. The number of fused-ring (bicyclic) bond motifs is 1. The molecule has 0 unspecified atom stereocenters. The lowest BCUT2D eigenvalue weighted by atomic mass is 10.0. The Morgan fingerprint density at radius 3 is 3.04 bits per heavy atom. The second-order valence-electron chi connectivity index (χ2n) is 6.27. The molecule has 0 bridgehead atoms. The Morgan fingerprint density at radius 1 is 1.48 bits per heavy atom. The maximum absolute atomic E-state index is 12.6. The molecule has 3 heterocycles. The van der Waals surface area contributed by atoms with Crippen molar-refractivity contribution in [1.82, 2.24) is 20.1 Å². The summed E-state index contributed by atoms with van der Waals surface area (Å²) in [6.45, 7) is 5.42. The van der Waals surface area contributed by atoms with E-state index in [4.69, 9.17) is 4.74 Å². The molecule has 0 aliphatic carbocycles. The van der Waals surface area contributed by atoms with E-state index in [9.17, 15) is 4.79 Å². The molecule has 0 spiro atoms. The molecule has 2 atom stereocenters. The smallest absolute Gasteiger partial charge is 0.251 e. The molecule has 0 saturated carbocycles. The van der Waals surface area contributed by atoms with Gasteiger partial charge in [0.1, 0.15) is 6.33 Å². The van der Waals surface area contributed by atoms with Crippen LogP contribution in [0.15, 0.2) is 17.6 Å². The number of nitrogens with zero attached hydrogens (tertiary/aromatic N) is 4. The summed E-state index contributed by atoms with van der Waals surface area (Å²) in [5.74, 6) is 0.737. The van der Waals surface area contributed by atoms with E-state index in [1.807, 2.05) is 25.8 Å². The van der Waals surface area contributed by atoms with Gasteiger partial charge in [0, 0.05) is 25.9 Å². The van der Waals surface area contributed by atoms with Crippen molar-refractivity contribution in [2.75, 3.05) is 25.1 Å². The first kappa shape index (κ1) is 16.0. The van der Waals surface area contributed by atoms with E-state index in [0.717, 1.165) is 43.1 Å². The van der Waals surface area contributed by atoms with Gasteiger partial charge in [0.2, 0.25) is 5.95 Å². The monoisotopic (exact) mass is 319 g/mol. The van der Waals surface area contributed by atoms with Crippen molar-refractivity contribution < 1.29 is 9.53 Å². The van der Waals surface area contributed by atoms with Crippen LogP contribution in [0.3, 0.4) is 0 Å². The summed E-state index contributed by atoms with van der Waals surface area (Å²) in [6, 6.07) is -0.116. The third-order valence-electron chi connectivity index (χ3n) is 4.80. The predicted molar refractivity (Wildman–Crippen MR) is 87.1 cm³/mol. The van der Waals surface area contributed by atoms with Crippen LogP contribution in [0.5, 0.6) is 0 Å². The first-order chi connectivity index (χ1) is 11.1. The van der Waals surface area contributed by atoms with Crippen LogP contribution in [0, 0.1) is 0 Å². The van der Waals surface area contributed by atoms with Crippen molar-refractivity contribution in [3.8, 4) is 0 Å². The van der Waals surface area contributed by atoms with Crippen LogP contribution in [-0.4, -0.2) is 47.0 Å². The van der Waals surface area contributed by atoms with Crippen LogP contribution in [0.1, 0.15) is 45.6 Å². The van der Waals surface area contributed by atoms with Crippen molar-refractivity contribution in [3.05, 3.63) is 17.6 Å². The van der Waals surface area contributed by atoms with Gasteiger partial charge in [0.15, 0.2) is 0 Å². The Kier molecular flexibility index (Phi) is 4.66. The van der Waals surface area contributed by atoms with Crippen LogP contribution >= 0.6 is 0 Å². The van der Waals surface area contributed by atoms with Crippen LogP contribution in [0.25, 0.3) is 0 Å². The van der Waals surface area contributed by atoms with Gasteiger partial charge in [-0.15, -0.1) is 0 Å². The molecule has 0 radical (unpaired) electrons. The van der Waals surface area contributed by atoms with Crippen molar-refractivity contribution in [2.45, 2.75) is 51.7 Å². The Labute approximate surface area is 136 Å². The first-order valence-electron chi connectivity index (χ1n) is 8.33. The summed E-state index contributed by atoms with van der Waals surface area (Å²) >= 11 is 0. The van der Waals surface area contributed by atoms with Crippen LogP contribution < -0.4 is 10.2 Å². The third-order valence-corrected chi connectivity index (χ3v) is 4.80. The Bertz CT molecular complexity index is 603. The second kappa shape index (κ2) is 6.70. The number of rotatable bonds is 4. The molecule has 1 aromatic rings. The summed E-state index contributed by atoms with van der Waals surface area (Å²) < 4.78 is 7.49. The molecule has 0 aromatic carbocycles. The van der Waals surface area contributed by atoms with Crippen LogP contribution in [-0.2, 0) is 9.53 Å². The highest BCUT2D eigenvalue weighted by molar-refractivity contribution is 5.96. The van der Waals surface area contributed by atoms with E-state index in [1.165, 1.54) is 12.7 Å². The number of allylic oxidation sites excluding steroid dienone is 1. The summed E-state index contributed by atoms with van der Waals surface area (Å²) in [7, 11) is 1.91. The van der Waals surface area contributed by atoms with E-state index in [-0.39, 0.29) is 18.1 Å².